The number of carbonyl (C=O) groups is 1. The van der Waals surface area contributed by atoms with E-state index in [-0.39, 0.29) is 5.91 Å². The van der Waals surface area contributed by atoms with Gasteiger partial charge in [0.15, 0.2) is 5.13 Å². The maximum Gasteiger partial charge on any atom is 0.273 e. The number of hydrogen-bond donors (Lipinski definition) is 1. The average Bonchev–Trinajstić information content (AvgIpc) is 2.96. The van der Waals surface area contributed by atoms with E-state index in [4.69, 9.17) is 10.5 Å². The Kier molecular flexibility index (Phi) is 3.96. The Balaban J connectivity index is 1.99. The normalized spacial score (nSPS) is 19.5. The first kappa shape index (κ1) is 12.3. The Morgan fingerprint density at radius 2 is 2.59 bits per heavy atom. The van der Waals surface area contributed by atoms with Gasteiger partial charge in [-0.15, -0.1) is 11.3 Å². The molecule has 1 fully saturated rings. The molecule has 5 nitrogen and oxygen atoms in total. The maximum atomic E-state index is 12.2. The molecule has 1 aliphatic heterocycles. The number of nitrogens with zero attached hydrogens (tertiary/aromatic N) is 2. The van der Waals surface area contributed by atoms with Crippen LogP contribution in [0.1, 0.15) is 23.8 Å². The Morgan fingerprint density at radius 1 is 1.76 bits per heavy atom. The molecule has 1 aromatic heterocycles. The van der Waals surface area contributed by atoms with Crippen LogP contribution in [0.2, 0.25) is 0 Å². The first-order chi connectivity index (χ1) is 8.20. The zero-order valence-electron chi connectivity index (χ0n) is 9.89. The Bertz CT molecular complexity index is 388. The van der Waals surface area contributed by atoms with Crippen molar-refractivity contribution in [3.05, 3.63) is 11.1 Å². The summed E-state index contributed by atoms with van der Waals surface area (Å²) in [5.74, 6) is 0.419. The first-order valence-electron chi connectivity index (χ1n) is 5.78. The fourth-order valence-corrected chi connectivity index (χ4v) is 2.48. The second-order valence-electron chi connectivity index (χ2n) is 4.14. The fraction of sp³-hybridized carbons (Fsp3) is 0.636. The molecule has 2 N–H and O–H groups in total. The molecule has 1 atom stereocenters. The van der Waals surface area contributed by atoms with Crippen LogP contribution in [0.5, 0.6) is 0 Å². The van der Waals surface area contributed by atoms with Gasteiger partial charge in [0.2, 0.25) is 0 Å². The van der Waals surface area contributed by atoms with E-state index in [1.807, 2.05) is 11.8 Å². The van der Waals surface area contributed by atoms with Crippen molar-refractivity contribution in [2.45, 2.75) is 13.3 Å². The van der Waals surface area contributed by atoms with Crippen molar-refractivity contribution in [2.24, 2.45) is 5.92 Å². The molecular weight excluding hydrogens is 238 g/mol. The number of hydrogen-bond acceptors (Lipinski definition) is 5. The summed E-state index contributed by atoms with van der Waals surface area (Å²) >= 11 is 1.30. The summed E-state index contributed by atoms with van der Waals surface area (Å²) in [4.78, 5) is 18.0. The van der Waals surface area contributed by atoms with E-state index < -0.39 is 0 Å². The quantitative estimate of drug-likeness (QED) is 0.878. The van der Waals surface area contributed by atoms with Gasteiger partial charge in [-0.3, -0.25) is 4.79 Å². The Hall–Kier alpha value is -1.14. The molecule has 17 heavy (non-hydrogen) atoms. The molecule has 0 radical (unpaired) electrons. The highest BCUT2D eigenvalue weighted by atomic mass is 32.1. The van der Waals surface area contributed by atoms with Gasteiger partial charge < -0.3 is 15.4 Å². The van der Waals surface area contributed by atoms with Gasteiger partial charge in [-0.1, -0.05) is 0 Å². The van der Waals surface area contributed by atoms with Crippen LogP contribution >= 0.6 is 11.3 Å². The molecule has 1 amide bonds. The monoisotopic (exact) mass is 255 g/mol. The lowest BCUT2D eigenvalue weighted by Crippen LogP contribution is -2.35. The summed E-state index contributed by atoms with van der Waals surface area (Å²) in [6.45, 7) is 4.96. The molecule has 0 aliphatic carbocycles. The zero-order chi connectivity index (χ0) is 12.3. The van der Waals surface area contributed by atoms with E-state index in [0.29, 0.717) is 23.3 Å². The number of thiazole rings is 1. The third-order valence-corrected chi connectivity index (χ3v) is 3.59. The lowest BCUT2D eigenvalue weighted by molar-refractivity contribution is 0.0726. The summed E-state index contributed by atoms with van der Waals surface area (Å²) in [7, 11) is 0. The molecule has 1 aromatic rings. The predicted octanol–water partition coefficient (Wildman–Crippen LogP) is 1.22. The lowest BCUT2D eigenvalue weighted by Gasteiger charge is -2.22. The molecule has 2 heterocycles. The summed E-state index contributed by atoms with van der Waals surface area (Å²) in [5.41, 5.74) is 5.99. The van der Waals surface area contributed by atoms with Crippen molar-refractivity contribution >= 4 is 22.4 Å². The Morgan fingerprint density at radius 3 is 3.12 bits per heavy atom. The molecule has 1 aliphatic rings. The number of carbonyl (C=O) groups excluding carboxylic acids is 1. The van der Waals surface area contributed by atoms with Gasteiger partial charge in [0.1, 0.15) is 5.69 Å². The lowest BCUT2D eigenvalue weighted by atomic mass is 10.1. The maximum absolute atomic E-state index is 12.2. The summed E-state index contributed by atoms with van der Waals surface area (Å²) < 4.78 is 5.32. The number of ether oxygens (including phenoxy) is 1. The van der Waals surface area contributed by atoms with Crippen molar-refractivity contribution in [3.63, 3.8) is 0 Å². The van der Waals surface area contributed by atoms with Crippen molar-refractivity contribution in [2.75, 3.05) is 32.0 Å². The highest BCUT2D eigenvalue weighted by molar-refractivity contribution is 7.13. The molecule has 0 bridgehead atoms. The van der Waals surface area contributed by atoms with Crippen LogP contribution in [0, 0.1) is 5.92 Å². The molecule has 1 saturated heterocycles. The molecule has 1 unspecified atom stereocenters. The van der Waals surface area contributed by atoms with E-state index in [0.717, 1.165) is 26.2 Å². The van der Waals surface area contributed by atoms with Gasteiger partial charge in [-0.05, 0) is 13.3 Å². The molecular formula is C11H17N3O2S. The van der Waals surface area contributed by atoms with Crippen LogP contribution in [0.15, 0.2) is 5.38 Å². The van der Waals surface area contributed by atoms with Gasteiger partial charge in [0, 0.05) is 31.0 Å². The molecule has 0 spiro atoms. The van der Waals surface area contributed by atoms with Crippen molar-refractivity contribution in [3.8, 4) is 0 Å². The standard InChI is InChI=1S/C11H17N3O2S/c1-2-14(5-8-3-4-16-6-8)10(15)9-7-17-11(12)13-9/h7-8H,2-6H2,1H3,(H2,12,13). The second-order valence-corrected chi connectivity index (χ2v) is 5.03. The highest BCUT2D eigenvalue weighted by Gasteiger charge is 2.23. The molecule has 2 rings (SSSR count). The number of anilines is 1. The zero-order valence-corrected chi connectivity index (χ0v) is 10.7. The van der Waals surface area contributed by atoms with Crippen LogP contribution in [0.4, 0.5) is 5.13 Å². The topological polar surface area (TPSA) is 68.5 Å². The largest absolute Gasteiger partial charge is 0.381 e. The van der Waals surface area contributed by atoms with Crippen LogP contribution in [0.3, 0.4) is 0 Å². The number of nitrogen functional groups attached to an aromatic ring is 1. The number of rotatable bonds is 4. The van der Waals surface area contributed by atoms with Crippen LogP contribution in [-0.4, -0.2) is 42.1 Å². The van der Waals surface area contributed by atoms with E-state index in [2.05, 4.69) is 4.98 Å². The van der Waals surface area contributed by atoms with E-state index in [1.54, 1.807) is 5.38 Å². The van der Waals surface area contributed by atoms with E-state index >= 15 is 0 Å². The average molecular weight is 255 g/mol. The molecule has 6 heteroatoms. The van der Waals surface area contributed by atoms with Crippen molar-refractivity contribution < 1.29 is 9.53 Å². The third kappa shape index (κ3) is 2.95. The van der Waals surface area contributed by atoms with Crippen molar-refractivity contribution in [1.29, 1.82) is 0 Å². The van der Waals surface area contributed by atoms with E-state index in [9.17, 15) is 4.79 Å². The highest BCUT2D eigenvalue weighted by Crippen LogP contribution is 2.17. The number of amides is 1. The third-order valence-electron chi connectivity index (χ3n) is 2.91. The molecule has 94 valence electrons. The smallest absolute Gasteiger partial charge is 0.273 e. The van der Waals surface area contributed by atoms with Crippen molar-refractivity contribution in [1.82, 2.24) is 9.88 Å². The number of nitrogens with two attached hydrogens (primary N) is 1. The van der Waals surface area contributed by atoms with Gasteiger partial charge in [0.25, 0.3) is 5.91 Å². The number of aromatic nitrogens is 1. The van der Waals surface area contributed by atoms with Crippen LogP contribution in [0.25, 0.3) is 0 Å². The predicted molar refractivity (Wildman–Crippen MR) is 67.0 cm³/mol. The first-order valence-corrected chi connectivity index (χ1v) is 6.66. The Labute approximate surface area is 105 Å². The SMILES string of the molecule is CCN(CC1CCOC1)C(=O)c1csc(N)n1. The minimum absolute atomic E-state index is 0.0349. The second kappa shape index (κ2) is 5.46. The van der Waals surface area contributed by atoms with Gasteiger partial charge >= 0.3 is 0 Å². The summed E-state index contributed by atoms with van der Waals surface area (Å²) in [6.07, 6.45) is 1.03. The van der Waals surface area contributed by atoms with Gasteiger partial charge in [-0.25, -0.2) is 4.98 Å². The van der Waals surface area contributed by atoms with Gasteiger partial charge in [-0.2, -0.15) is 0 Å². The summed E-state index contributed by atoms with van der Waals surface area (Å²) in [5, 5.41) is 2.15. The van der Waals surface area contributed by atoms with E-state index in [1.165, 1.54) is 11.3 Å². The fourth-order valence-electron chi connectivity index (χ4n) is 1.94. The minimum atomic E-state index is -0.0349. The van der Waals surface area contributed by atoms with Gasteiger partial charge in [0.05, 0.1) is 6.61 Å². The molecule has 0 aromatic carbocycles. The van der Waals surface area contributed by atoms with Crippen LogP contribution in [-0.2, 0) is 4.74 Å². The molecule has 0 saturated carbocycles. The van der Waals surface area contributed by atoms with Crippen LogP contribution < -0.4 is 5.73 Å². The minimum Gasteiger partial charge on any atom is -0.381 e. The summed E-state index contributed by atoms with van der Waals surface area (Å²) in [6, 6.07) is 0.